The van der Waals surface area contributed by atoms with E-state index in [1.165, 1.54) is 5.56 Å². The van der Waals surface area contributed by atoms with Gasteiger partial charge in [-0.25, -0.2) is 4.98 Å². The van der Waals surface area contributed by atoms with Crippen LogP contribution in [0.2, 0.25) is 0 Å². The molecule has 0 aliphatic rings. The Morgan fingerprint density at radius 2 is 1.81 bits per heavy atom. The summed E-state index contributed by atoms with van der Waals surface area (Å²) in [6.07, 6.45) is 1.08. The van der Waals surface area contributed by atoms with Crippen LogP contribution in [-0.2, 0) is 0 Å². The maximum absolute atomic E-state index is 12.2. The number of nitrogens with one attached hydrogen (secondary N) is 2. The molecule has 1 aromatic heterocycles. The van der Waals surface area contributed by atoms with Gasteiger partial charge in [0.2, 0.25) is 5.89 Å². The van der Waals surface area contributed by atoms with E-state index in [1.54, 1.807) is 24.3 Å². The first-order chi connectivity index (χ1) is 15.0. The molecule has 4 aromatic rings. The number of aromatic nitrogens is 1. The molecule has 0 spiro atoms. The molecule has 3 aromatic carbocycles. The number of thiocarbonyl (C=S) groups is 1. The van der Waals surface area contributed by atoms with Crippen LogP contribution in [0.5, 0.6) is 0 Å². The molecule has 1 atom stereocenters. The number of nitrogens with zero attached hydrogens (tertiary/aromatic N) is 1. The van der Waals surface area contributed by atoms with Crippen LogP contribution in [0.4, 0.5) is 5.69 Å². The second kappa shape index (κ2) is 9.10. The average molecular weight is 430 g/mol. The quantitative estimate of drug-likeness (QED) is 0.373. The van der Waals surface area contributed by atoms with Crippen LogP contribution in [0.1, 0.15) is 42.1 Å². The Kier molecular flexibility index (Phi) is 6.09. The van der Waals surface area contributed by atoms with E-state index >= 15 is 0 Å². The fraction of sp³-hybridized carbons (Fsp3) is 0.160. The molecule has 0 radical (unpaired) electrons. The third-order valence-electron chi connectivity index (χ3n) is 5.25. The van der Waals surface area contributed by atoms with Gasteiger partial charge < -0.3 is 9.73 Å². The van der Waals surface area contributed by atoms with Crippen LogP contribution in [0, 0.1) is 0 Å². The molecular formula is C25H23N3O2S. The van der Waals surface area contributed by atoms with Crippen molar-refractivity contribution in [1.82, 2.24) is 10.3 Å². The number of carbonyl (C=O) groups is 1. The lowest BCUT2D eigenvalue weighted by Crippen LogP contribution is -2.34. The highest BCUT2D eigenvalue weighted by Gasteiger charge is 2.12. The van der Waals surface area contributed by atoms with Gasteiger partial charge in [-0.1, -0.05) is 38.1 Å². The van der Waals surface area contributed by atoms with E-state index in [2.05, 4.69) is 41.6 Å². The second-order valence-corrected chi connectivity index (χ2v) is 7.82. The molecule has 0 saturated heterocycles. The molecule has 4 rings (SSSR count). The van der Waals surface area contributed by atoms with Gasteiger partial charge in [-0.2, -0.15) is 0 Å². The molecule has 5 nitrogen and oxygen atoms in total. The van der Waals surface area contributed by atoms with Crippen molar-refractivity contribution in [2.45, 2.75) is 26.2 Å². The van der Waals surface area contributed by atoms with Gasteiger partial charge in [0, 0.05) is 16.8 Å². The number of fused-ring (bicyclic) bond motifs is 1. The Balaban J connectivity index is 1.44. The van der Waals surface area contributed by atoms with E-state index < -0.39 is 0 Å². The summed E-state index contributed by atoms with van der Waals surface area (Å²) >= 11 is 5.25. The zero-order valence-corrected chi connectivity index (χ0v) is 18.2. The van der Waals surface area contributed by atoms with Gasteiger partial charge >= 0.3 is 0 Å². The topological polar surface area (TPSA) is 67.2 Å². The van der Waals surface area contributed by atoms with Crippen LogP contribution >= 0.6 is 12.2 Å². The number of carbonyl (C=O) groups excluding carboxylic acids is 1. The molecule has 0 unspecified atom stereocenters. The Morgan fingerprint density at radius 1 is 1.06 bits per heavy atom. The fourth-order valence-electron chi connectivity index (χ4n) is 3.23. The van der Waals surface area contributed by atoms with Crippen LogP contribution in [0.15, 0.2) is 77.2 Å². The lowest BCUT2D eigenvalue weighted by molar-refractivity contribution is 0.0977. The SMILES string of the molecule is CC[C@H](C)c1ccc2oc(-c3ccc(NC(=S)NC(=O)c4ccccc4)cc3)nc2c1. The number of benzene rings is 3. The molecule has 0 bridgehead atoms. The average Bonchev–Trinajstić information content (AvgIpc) is 3.23. The highest BCUT2D eigenvalue weighted by molar-refractivity contribution is 7.80. The van der Waals surface area contributed by atoms with Gasteiger partial charge in [0.1, 0.15) is 5.52 Å². The molecular weight excluding hydrogens is 406 g/mol. The van der Waals surface area contributed by atoms with Gasteiger partial charge in [-0.3, -0.25) is 10.1 Å². The van der Waals surface area contributed by atoms with Crippen molar-refractivity contribution < 1.29 is 9.21 Å². The van der Waals surface area contributed by atoms with Crippen molar-refractivity contribution >= 4 is 40.0 Å². The van der Waals surface area contributed by atoms with E-state index in [0.29, 0.717) is 17.4 Å². The van der Waals surface area contributed by atoms with Crippen molar-refractivity contribution in [2.75, 3.05) is 5.32 Å². The minimum Gasteiger partial charge on any atom is -0.436 e. The zero-order valence-electron chi connectivity index (χ0n) is 17.4. The Labute approximate surface area is 186 Å². The summed E-state index contributed by atoms with van der Waals surface area (Å²) < 4.78 is 5.93. The van der Waals surface area contributed by atoms with Gasteiger partial charge in [0.15, 0.2) is 10.7 Å². The highest BCUT2D eigenvalue weighted by Crippen LogP contribution is 2.28. The molecule has 1 heterocycles. The van der Waals surface area contributed by atoms with E-state index in [4.69, 9.17) is 16.6 Å². The van der Waals surface area contributed by atoms with Crippen LogP contribution < -0.4 is 10.6 Å². The lowest BCUT2D eigenvalue weighted by Gasteiger charge is -2.09. The van der Waals surface area contributed by atoms with Gasteiger partial charge in [0.05, 0.1) is 0 Å². The smallest absolute Gasteiger partial charge is 0.257 e. The van der Waals surface area contributed by atoms with Crippen molar-refractivity contribution in [3.63, 3.8) is 0 Å². The summed E-state index contributed by atoms with van der Waals surface area (Å²) in [5.41, 5.74) is 5.08. The maximum Gasteiger partial charge on any atom is 0.257 e. The van der Waals surface area contributed by atoms with Crippen molar-refractivity contribution in [1.29, 1.82) is 0 Å². The van der Waals surface area contributed by atoms with Crippen LogP contribution in [-0.4, -0.2) is 16.0 Å². The molecule has 0 fully saturated rings. The number of hydrogen-bond donors (Lipinski definition) is 2. The van der Waals surface area contributed by atoms with E-state index in [-0.39, 0.29) is 11.0 Å². The molecule has 0 aliphatic carbocycles. The Morgan fingerprint density at radius 3 is 2.52 bits per heavy atom. The lowest BCUT2D eigenvalue weighted by atomic mass is 9.98. The third kappa shape index (κ3) is 4.81. The molecule has 156 valence electrons. The van der Waals surface area contributed by atoms with Crippen molar-refractivity contribution in [2.24, 2.45) is 0 Å². The summed E-state index contributed by atoms with van der Waals surface area (Å²) in [6.45, 7) is 4.39. The predicted molar refractivity (Wildman–Crippen MR) is 128 cm³/mol. The summed E-state index contributed by atoms with van der Waals surface area (Å²) in [4.78, 5) is 16.8. The largest absolute Gasteiger partial charge is 0.436 e. The predicted octanol–water partition coefficient (Wildman–Crippen LogP) is 6.14. The molecule has 1 amide bonds. The van der Waals surface area contributed by atoms with Crippen molar-refractivity contribution in [3.05, 3.63) is 83.9 Å². The zero-order chi connectivity index (χ0) is 21.8. The number of rotatable bonds is 5. The first-order valence-electron chi connectivity index (χ1n) is 10.2. The molecule has 2 N–H and O–H groups in total. The van der Waals surface area contributed by atoms with Gasteiger partial charge in [-0.05, 0) is 78.7 Å². The summed E-state index contributed by atoms with van der Waals surface area (Å²) in [6, 6.07) is 22.7. The van der Waals surface area contributed by atoms with Gasteiger partial charge in [-0.15, -0.1) is 0 Å². The Hall–Kier alpha value is -3.51. The van der Waals surface area contributed by atoms with Crippen LogP contribution in [0.25, 0.3) is 22.6 Å². The minimum absolute atomic E-state index is 0.237. The maximum atomic E-state index is 12.2. The minimum atomic E-state index is -0.252. The van der Waals surface area contributed by atoms with E-state index in [0.717, 1.165) is 28.8 Å². The normalized spacial score (nSPS) is 11.8. The number of amides is 1. The number of hydrogen-bond acceptors (Lipinski definition) is 4. The number of anilines is 1. The first-order valence-corrected chi connectivity index (χ1v) is 10.6. The fourth-order valence-corrected chi connectivity index (χ4v) is 3.44. The third-order valence-corrected chi connectivity index (χ3v) is 5.45. The van der Waals surface area contributed by atoms with Crippen molar-refractivity contribution in [3.8, 4) is 11.5 Å². The van der Waals surface area contributed by atoms with Gasteiger partial charge in [0.25, 0.3) is 5.91 Å². The van der Waals surface area contributed by atoms with E-state index in [9.17, 15) is 4.79 Å². The monoisotopic (exact) mass is 429 g/mol. The summed E-state index contributed by atoms with van der Waals surface area (Å²) in [7, 11) is 0. The van der Waals surface area contributed by atoms with E-state index in [1.807, 2.05) is 36.4 Å². The highest BCUT2D eigenvalue weighted by atomic mass is 32.1. The van der Waals surface area contributed by atoms with Crippen LogP contribution in [0.3, 0.4) is 0 Å². The standard InChI is InChI=1S/C25H23N3O2S/c1-3-16(2)19-11-14-22-21(15-19)27-24(30-22)18-9-12-20(13-10-18)26-25(31)28-23(29)17-7-5-4-6-8-17/h4-16H,3H2,1-2H3,(H2,26,28,29,31)/t16-/m0/s1. The second-order valence-electron chi connectivity index (χ2n) is 7.41. The Bertz CT molecular complexity index is 1220. The first kappa shape index (κ1) is 20.8. The number of oxazole rings is 1. The molecule has 0 aliphatic heterocycles. The molecule has 31 heavy (non-hydrogen) atoms. The summed E-state index contributed by atoms with van der Waals surface area (Å²) in [5, 5.41) is 5.94. The molecule has 0 saturated carbocycles. The molecule has 6 heteroatoms. The summed E-state index contributed by atoms with van der Waals surface area (Å²) in [5.74, 6) is 0.807.